The molecule has 0 aliphatic heterocycles. The zero-order valence-electron chi connectivity index (χ0n) is 10.4. The Morgan fingerprint density at radius 3 is 2.85 bits per heavy atom. The Balaban J connectivity index is 2.08. The average Bonchev–Trinajstić information content (AvgIpc) is 2.43. The van der Waals surface area contributed by atoms with Crippen molar-refractivity contribution in [2.24, 2.45) is 0 Å². The molecule has 2 aromatic carbocycles. The summed E-state index contributed by atoms with van der Waals surface area (Å²) in [5.41, 5.74) is 1.60. The predicted octanol–water partition coefficient (Wildman–Crippen LogP) is 3.86. The second-order valence-corrected chi connectivity index (χ2v) is 5.82. The first kappa shape index (κ1) is 13.3. The Morgan fingerprint density at radius 1 is 1.20 bits per heavy atom. The molecule has 0 radical (unpaired) electrons. The maximum absolute atomic E-state index is 12.4. The molecule has 0 atom stereocenters. The molecular weight excluding hydrogens is 340 g/mol. The molecule has 1 heterocycles. The van der Waals surface area contributed by atoms with E-state index in [2.05, 4.69) is 20.9 Å². The van der Waals surface area contributed by atoms with Gasteiger partial charge in [0.15, 0.2) is 0 Å². The average molecular weight is 350 g/mol. The number of hydrogen-bond donors (Lipinski definition) is 0. The van der Waals surface area contributed by atoms with E-state index in [0.29, 0.717) is 22.5 Å². The largest absolute Gasteiger partial charge is 0.294 e. The molecule has 0 saturated carbocycles. The summed E-state index contributed by atoms with van der Waals surface area (Å²) in [4.78, 5) is 16.7. The summed E-state index contributed by atoms with van der Waals surface area (Å²) in [6.07, 6.45) is 1.57. The maximum Gasteiger partial charge on any atom is 0.261 e. The Labute approximate surface area is 129 Å². The molecule has 0 N–H and O–H groups in total. The molecule has 0 amide bonds. The van der Waals surface area contributed by atoms with Crippen molar-refractivity contribution in [3.63, 3.8) is 0 Å². The van der Waals surface area contributed by atoms with Crippen LogP contribution in [0.25, 0.3) is 10.9 Å². The smallest absolute Gasteiger partial charge is 0.261 e. The van der Waals surface area contributed by atoms with E-state index in [0.717, 1.165) is 10.0 Å². The highest BCUT2D eigenvalue weighted by Crippen LogP contribution is 2.15. The third kappa shape index (κ3) is 2.62. The molecule has 3 nitrogen and oxygen atoms in total. The van der Waals surface area contributed by atoms with Crippen molar-refractivity contribution in [3.8, 4) is 0 Å². The van der Waals surface area contributed by atoms with Gasteiger partial charge in [0, 0.05) is 9.50 Å². The van der Waals surface area contributed by atoms with Crippen LogP contribution in [0.4, 0.5) is 0 Å². The molecule has 100 valence electrons. The van der Waals surface area contributed by atoms with Crippen molar-refractivity contribution in [1.82, 2.24) is 9.55 Å². The number of nitrogens with zero attached hydrogens (tertiary/aromatic N) is 2. The first-order valence-electron chi connectivity index (χ1n) is 6.02. The van der Waals surface area contributed by atoms with E-state index in [4.69, 9.17) is 11.6 Å². The molecule has 3 rings (SSSR count). The van der Waals surface area contributed by atoms with Crippen LogP contribution in [0.3, 0.4) is 0 Å². The zero-order valence-corrected chi connectivity index (χ0v) is 12.7. The second kappa shape index (κ2) is 5.38. The topological polar surface area (TPSA) is 34.9 Å². The molecule has 0 unspecified atom stereocenters. The maximum atomic E-state index is 12.4. The van der Waals surface area contributed by atoms with Crippen LogP contribution in [0.15, 0.2) is 58.1 Å². The van der Waals surface area contributed by atoms with Gasteiger partial charge >= 0.3 is 0 Å². The van der Waals surface area contributed by atoms with Crippen LogP contribution >= 0.6 is 27.5 Å². The molecule has 0 saturated heterocycles. The summed E-state index contributed by atoms with van der Waals surface area (Å²) in [6.45, 7) is 0.453. The minimum atomic E-state index is -0.0590. The molecule has 1 aromatic heterocycles. The van der Waals surface area contributed by atoms with Crippen LogP contribution in [-0.4, -0.2) is 9.55 Å². The first-order chi connectivity index (χ1) is 9.63. The summed E-state index contributed by atoms with van der Waals surface area (Å²) in [5, 5.41) is 1.26. The minimum Gasteiger partial charge on any atom is -0.294 e. The lowest BCUT2D eigenvalue weighted by Crippen LogP contribution is -2.21. The number of aromatic nitrogens is 2. The molecule has 0 aliphatic carbocycles. The van der Waals surface area contributed by atoms with Crippen molar-refractivity contribution in [2.45, 2.75) is 6.54 Å². The lowest BCUT2D eigenvalue weighted by molar-refractivity contribution is 0.748. The second-order valence-electron chi connectivity index (χ2n) is 4.47. The van der Waals surface area contributed by atoms with Gasteiger partial charge in [0.05, 0.1) is 23.8 Å². The fourth-order valence-electron chi connectivity index (χ4n) is 2.08. The molecule has 5 heteroatoms. The number of rotatable bonds is 2. The summed E-state index contributed by atoms with van der Waals surface area (Å²) >= 11 is 9.33. The quantitative estimate of drug-likeness (QED) is 0.704. The summed E-state index contributed by atoms with van der Waals surface area (Å²) in [6, 6.07) is 12.9. The molecule has 0 spiro atoms. The third-order valence-electron chi connectivity index (χ3n) is 3.03. The van der Waals surface area contributed by atoms with Gasteiger partial charge in [-0.25, -0.2) is 4.98 Å². The van der Waals surface area contributed by atoms with E-state index in [1.807, 2.05) is 36.4 Å². The Morgan fingerprint density at radius 2 is 2.05 bits per heavy atom. The van der Waals surface area contributed by atoms with Crippen LogP contribution in [0.1, 0.15) is 5.56 Å². The predicted molar refractivity (Wildman–Crippen MR) is 84.3 cm³/mol. The van der Waals surface area contributed by atoms with Crippen molar-refractivity contribution >= 4 is 38.4 Å². The molecule has 0 fully saturated rings. The van der Waals surface area contributed by atoms with Gasteiger partial charge in [-0.1, -0.05) is 39.7 Å². The number of benzene rings is 2. The Kier molecular flexibility index (Phi) is 3.59. The van der Waals surface area contributed by atoms with Crippen molar-refractivity contribution < 1.29 is 0 Å². The van der Waals surface area contributed by atoms with Crippen molar-refractivity contribution in [3.05, 3.63) is 74.2 Å². The van der Waals surface area contributed by atoms with E-state index in [-0.39, 0.29) is 5.56 Å². The van der Waals surface area contributed by atoms with Crippen LogP contribution < -0.4 is 5.56 Å². The van der Waals surface area contributed by atoms with Crippen molar-refractivity contribution in [2.75, 3.05) is 0 Å². The monoisotopic (exact) mass is 348 g/mol. The molecule has 3 aromatic rings. The van der Waals surface area contributed by atoms with Crippen molar-refractivity contribution in [1.29, 1.82) is 0 Å². The highest BCUT2D eigenvalue weighted by atomic mass is 79.9. The van der Waals surface area contributed by atoms with E-state index in [1.54, 1.807) is 17.0 Å². The van der Waals surface area contributed by atoms with Gasteiger partial charge in [-0.05, 0) is 35.9 Å². The number of fused-ring (bicyclic) bond motifs is 1. The minimum absolute atomic E-state index is 0.0590. The van der Waals surface area contributed by atoms with Gasteiger partial charge < -0.3 is 0 Å². The molecule has 0 aliphatic rings. The van der Waals surface area contributed by atoms with E-state index < -0.39 is 0 Å². The normalized spacial score (nSPS) is 10.9. The lowest BCUT2D eigenvalue weighted by atomic mass is 10.2. The highest BCUT2D eigenvalue weighted by molar-refractivity contribution is 9.10. The Hall–Kier alpha value is -1.65. The first-order valence-corrected chi connectivity index (χ1v) is 7.20. The van der Waals surface area contributed by atoms with E-state index in [9.17, 15) is 4.79 Å². The van der Waals surface area contributed by atoms with Crippen LogP contribution in [0.5, 0.6) is 0 Å². The van der Waals surface area contributed by atoms with E-state index in [1.165, 1.54) is 0 Å². The SMILES string of the molecule is O=c1c2cc(Br)ccc2ncn1Cc1cccc(Cl)c1. The van der Waals surface area contributed by atoms with E-state index >= 15 is 0 Å². The van der Waals surface area contributed by atoms with Crippen LogP contribution in [0.2, 0.25) is 5.02 Å². The third-order valence-corrected chi connectivity index (χ3v) is 3.76. The van der Waals surface area contributed by atoms with Crippen LogP contribution in [0, 0.1) is 0 Å². The summed E-state index contributed by atoms with van der Waals surface area (Å²) in [5.74, 6) is 0. The summed E-state index contributed by atoms with van der Waals surface area (Å²) < 4.78 is 2.45. The fourth-order valence-corrected chi connectivity index (χ4v) is 2.65. The van der Waals surface area contributed by atoms with Gasteiger partial charge in [0.2, 0.25) is 0 Å². The number of hydrogen-bond acceptors (Lipinski definition) is 2. The molecular formula is C15H10BrClN2O. The fraction of sp³-hybridized carbons (Fsp3) is 0.0667. The van der Waals surface area contributed by atoms with Crippen LogP contribution in [-0.2, 0) is 6.54 Å². The van der Waals surface area contributed by atoms with Gasteiger partial charge in [-0.15, -0.1) is 0 Å². The van der Waals surface area contributed by atoms with Gasteiger partial charge in [0.25, 0.3) is 5.56 Å². The highest BCUT2D eigenvalue weighted by Gasteiger charge is 2.05. The molecule has 0 bridgehead atoms. The van der Waals surface area contributed by atoms with Gasteiger partial charge in [-0.3, -0.25) is 9.36 Å². The zero-order chi connectivity index (χ0) is 14.1. The summed E-state index contributed by atoms with van der Waals surface area (Å²) in [7, 11) is 0. The number of halogens is 2. The lowest BCUT2D eigenvalue weighted by Gasteiger charge is -2.07. The van der Waals surface area contributed by atoms with Gasteiger partial charge in [0.1, 0.15) is 0 Å². The standard InChI is InChI=1S/C15H10BrClN2O/c16-11-4-5-14-13(7-11)15(20)19(9-18-14)8-10-2-1-3-12(17)6-10/h1-7,9H,8H2. The van der Waals surface area contributed by atoms with Gasteiger partial charge in [-0.2, -0.15) is 0 Å². The molecule has 20 heavy (non-hydrogen) atoms. The Bertz CT molecular complexity index is 845.